The van der Waals surface area contributed by atoms with Gasteiger partial charge in [-0.15, -0.1) is 0 Å². The molecule has 1 N–H and O–H groups in total. The largest absolute Gasteiger partial charge is 0.333 e. The van der Waals surface area contributed by atoms with Gasteiger partial charge in [0, 0.05) is 36.5 Å². The second kappa shape index (κ2) is 7.11. The number of carbonyl (C=O) groups excluding carboxylic acids is 1. The van der Waals surface area contributed by atoms with E-state index in [9.17, 15) is 4.79 Å². The van der Waals surface area contributed by atoms with Gasteiger partial charge in [-0.05, 0) is 36.2 Å². The van der Waals surface area contributed by atoms with E-state index < -0.39 is 0 Å². The Morgan fingerprint density at radius 2 is 2.26 bits per heavy atom. The molecule has 0 aliphatic carbocycles. The van der Waals surface area contributed by atoms with Crippen LogP contribution in [0.5, 0.6) is 0 Å². The van der Waals surface area contributed by atoms with E-state index >= 15 is 0 Å². The van der Waals surface area contributed by atoms with Gasteiger partial charge >= 0.3 is 0 Å². The number of rotatable bonds is 3. The Morgan fingerprint density at radius 1 is 1.39 bits per heavy atom. The number of pyridine rings is 1. The fourth-order valence-corrected chi connectivity index (χ4v) is 3.09. The van der Waals surface area contributed by atoms with Crippen LogP contribution in [0, 0.1) is 6.92 Å². The molecule has 1 saturated heterocycles. The Bertz CT molecular complexity index is 687. The molecule has 4 nitrogen and oxygen atoms in total. The van der Waals surface area contributed by atoms with Gasteiger partial charge in [-0.3, -0.25) is 9.78 Å². The molecule has 1 aromatic heterocycles. The minimum atomic E-state index is 0.0216. The maximum absolute atomic E-state index is 12.8. The summed E-state index contributed by atoms with van der Waals surface area (Å²) in [7, 11) is 0. The second-order valence-electron chi connectivity index (χ2n) is 5.85. The quantitative estimate of drug-likeness (QED) is 0.941. The number of benzene rings is 1. The van der Waals surface area contributed by atoms with Crippen molar-refractivity contribution in [2.45, 2.75) is 19.4 Å². The average Bonchev–Trinajstić information content (AvgIpc) is 2.57. The number of hydrogen-bond acceptors (Lipinski definition) is 3. The lowest BCUT2D eigenvalue weighted by Crippen LogP contribution is -2.49. The summed E-state index contributed by atoms with van der Waals surface area (Å²) in [5.41, 5.74) is 2.98. The predicted octanol–water partition coefficient (Wildman–Crippen LogP) is 2.76. The van der Waals surface area contributed by atoms with Crippen molar-refractivity contribution < 1.29 is 4.79 Å². The Morgan fingerprint density at radius 3 is 3.00 bits per heavy atom. The molecule has 2 heterocycles. The highest BCUT2D eigenvalue weighted by Gasteiger charge is 2.27. The van der Waals surface area contributed by atoms with Crippen molar-refractivity contribution in [1.29, 1.82) is 0 Å². The van der Waals surface area contributed by atoms with Gasteiger partial charge in [0.2, 0.25) is 5.91 Å². The summed E-state index contributed by atoms with van der Waals surface area (Å²) in [6, 6.07) is 11.7. The molecular formula is C18H20ClN3O. The first-order valence-electron chi connectivity index (χ1n) is 7.80. The van der Waals surface area contributed by atoms with Crippen LogP contribution in [0.4, 0.5) is 0 Å². The van der Waals surface area contributed by atoms with Crippen molar-refractivity contribution in [3.63, 3.8) is 0 Å². The molecule has 1 amide bonds. The standard InChI is InChI=1S/C18H20ClN3O/c1-13-5-6-14(11-21-13)9-18(23)22-8-7-20-12-17(22)15-3-2-4-16(19)10-15/h2-6,10-11,17,20H,7-9,12H2,1H3. The van der Waals surface area contributed by atoms with Crippen molar-refractivity contribution in [2.24, 2.45) is 0 Å². The number of halogens is 1. The molecule has 0 saturated carbocycles. The van der Waals surface area contributed by atoms with Gasteiger partial charge in [0.25, 0.3) is 0 Å². The van der Waals surface area contributed by atoms with Crippen LogP contribution in [0.2, 0.25) is 5.02 Å². The maximum Gasteiger partial charge on any atom is 0.227 e. The van der Waals surface area contributed by atoms with Crippen molar-refractivity contribution in [3.8, 4) is 0 Å². The molecule has 1 unspecified atom stereocenters. The molecule has 1 aromatic carbocycles. The number of aryl methyl sites for hydroxylation is 1. The van der Waals surface area contributed by atoms with Crippen molar-refractivity contribution in [2.75, 3.05) is 19.6 Å². The SMILES string of the molecule is Cc1ccc(CC(=O)N2CCNCC2c2cccc(Cl)c2)cn1. The monoisotopic (exact) mass is 329 g/mol. The molecule has 0 radical (unpaired) electrons. The van der Waals surface area contributed by atoms with E-state index in [0.29, 0.717) is 18.0 Å². The minimum absolute atomic E-state index is 0.0216. The highest BCUT2D eigenvalue weighted by atomic mass is 35.5. The number of piperazine rings is 1. The molecule has 1 aliphatic heterocycles. The lowest BCUT2D eigenvalue weighted by Gasteiger charge is -2.36. The van der Waals surface area contributed by atoms with Gasteiger partial charge in [0.15, 0.2) is 0 Å². The lowest BCUT2D eigenvalue weighted by molar-refractivity contribution is -0.133. The van der Waals surface area contributed by atoms with Crippen LogP contribution in [0.3, 0.4) is 0 Å². The minimum Gasteiger partial charge on any atom is -0.333 e. The maximum atomic E-state index is 12.8. The van der Waals surface area contributed by atoms with Gasteiger partial charge in [0.1, 0.15) is 0 Å². The zero-order chi connectivity index (χ0) is 16.2. The summed E-state index contributed by atoms with van der Waals surface area (Å²) in [5, 5.41) is 4.06. The zero-order valence-corrected chi connectivity index (χ0v) is 13.9. The summed E-state index contributed by atoms with van der Waals surface area (Å²) < 4.78 is 0. The first kappa shape index (κ1) is 16.0. The van der Waals surface area contributed by atoms with E-state index in [4.69, 9.17) is 11.6 Å². The molecule has 23 heavy (non-hydrogen) atoms. The molecular weight excluding hydrogens is 310 g/mol. The van der Waals surface area contributed by atoms with E-state index in [1.807, 2.05) is 48.2 Å². The lowest BCUT2D eigenvalue weighted by atomic mass is 10.0. The normalized spacial score (nSPS) is 18.0. The smallest absolute Gasteiger partial charge is 0.227 e. The summed E-state index contributed by atoms with van der Waals surface area (Å²) in [6.45, 7) is 4.21. The molecule has 5 heteroatoms. The highest BCUT2D eigenvalue weighted by Crippen LogP contribution is 2.25. The third kappa shape index (κ3) is 3.89. The summed E-state index contributed by atoms with van der Waals surface area (Å²) in [6.07, 6.45) is 2.16. The van der Waals surface area contributed by atoms with Crippen molar-refractivity contribution in [3.05, 3.63) is 64.4 Å². The van der Waals surface area contributed by atoms with Crippen LogP contribution in [0.25, 0.3) is 0 Å². The summed E-state index contributed by atoms with van der Waals surface area (Å²) in [5.74, 6) is 0.127. The summed E-state index contributed by atoms with van der Waals surface area (Å²) in [4.78, 5) is 19.0. The van der Waals surface area contributed by atoms with E-state index in [0.717, 1.165) is 29.9 Å². The number of amides is 1. The van der Waals surface area contributed by atoms with E-state index in [-0.39, 0.29) is 11.9 Å². The van der Waals surface area contributed by atoms with Crippen LogP contribution < -0.4 is 5.32 Å². The van der Waals surface area contributed by atoms with Gasteiger partial charge in [-0.2, -0.15) is 0 Å². The predicted molar refractivity (Wildman–Crippen MR) is 91.5 cm³/mol. The molecule has 120 valence electrons. The topological polar surface area (TPSA) is 45.2 Å². The third-order valence-corrected chi connectivity index (χ3v) is 4.36. The fourth-order valence-electron chi connectivity index (χ4n) is 2.89. The van der Waals surface area contributed by atoms with E-state index in [2.05, 4.69) is 10.3 Å². The number of aromatic nitrogens is 1. The molecule has 0 spiro atoms. The molecule has 3 rings (SSSR count). The van der Waals surface area contributed by atoms with Gasteiger partial charge < -0.3 is 10.2 Å². The van der Waals surface area contributed by atoms with Crippen LogP contribution >= 0.6 is 11.6 Å². The molecule has 1 fully saturated rings. The first-order valence-corrected chi connectivity index (χ1v) is 8.18. The van der Waals surface area contributed by atoms with Gasteiger partial charge in [0.05, 0.1) is 12.5 Å². The average molecular weight is 330 g/mol. The van der Waals surface area contributed by atoms with Crippen LogP contribution in [0.1, 0.15) is 22.9 Å². The first-order chi connectivity index (χ1) is 11.1. The van der Waals surface area contributed by atoms with Crippen molar-refractivity contribution in [1.82, 2.24) is 15.2 Å². The Balaban J connectivity index is 1.77. The number of nitrogens with zero attached hydrogens (tertiary/aromatic N) is 2. The Kier molecular flexibility index (Phi) is 4.94. The summed E-state index contributed by atoms with van der Waals surface area (Å²) >= 11 is 6.10. The van der Waals surface area contributed by atoms with Crippen LogP contribution in [-0.2, 0) is 11.2 Å². The number of carbonyl (C=O) groups is 1. The number of hydrogen-bond donors (Lipinski definition) is 1. The van der Waals surface area contributed by atoms with Crippen LogP contribution in [0.15, 0.2) is 42.6 Å². The Hall–Kier alpha value is -1.91. The van der Waals surface area contributed by atoms with Gasteiger partial charge in [-0.1, -0.05) is 29.8 Å². The molecule has 2 aromatic rings. The van der Waals surface area contributed by atoms with Gasteiger partial charge in [-0.25, -0.2) is 0 Å². The Labute approximate surface area is 141 Å². The molecule has 1 atom stereocenters. The van der Waals surface area contributed by atoms with Crippen LogP contribution in [-0.4, -0.2) is 35.4 Å². The molecule has 1 aliphatic rings. The van der Waals surface area contributed by atoms with E-state index in [1.54, 1.807) is 6.20 Å². The highest BCUT2D eigenvalue weighted by molar-refractivity contribution is 6.30. The zero-order valence-electron chi connectivity index (χ0n) is 13.1. The number of nitrogens with one attached hydrogen (secondary N) is 1. The fraction of sp³-hybridized carbons (Fsp3) is 0.333. The second-order valence-corrected chi connectivity index (χ2v) is 6.28. The molecule has 0 bridgehead atoms. The van der Waals surface area contributed by atoms with Crippen molar-refractivity contribution >= 4 is 17.5 Å². The third-order valence-electron chi connectivity index (χ3n) is 4.13. The van der Waals surface area contributed by atoms with E-state index in [1.165, 1.54) is 0 Å².